The number of likely N-dealkylation sites (tertiary alicyclic amines) is 1. The number of rotatable bonds is 6. The van der Waals surface area contributed by atoms with Crippen molar-refractivity contribution >= 4 is 5.91 Å². The van der Waals surface area contributed by atoms with Gasteiger partial charge in [0.15, 0.2) is 0 Å². The molecule has 5 heteroatoms. The largest absolute Gasteiger partial charge is 0.491 e. The molecule has 2 aromatic rings. The summed E-state index contributed by atoms with van der Waals surface area (Å²) in [7, 11) is 1.64. The summed E-state index contributed by atoms with van der Waals surface area (Å²) < 4.78 is 10.8. The third-order valence-electron chi connectivity index (χ3n) is 4.63. The molecule has 2 aromatic carbocycles. The molecular weight excluding hydrogens is 330 g/mol. The number of aryl methyl sites for hydroxylation is 1. The highest BCUT2D eigenvalue weighted by molar-refractivity contribution is 5.94. The molecule has 5 nitrogen and oxygen atoms in total. The monoisotopic (exact) mass is 355 g/mol. The molecule has 3 rings (SSSR count). The van der Waals surface area contributed by atoms with Crippen molar-refractivity contribution in [1.82, 2.24) is 4.90 Å². The average molecular weight is 355 g/mol. The van der Waals surface area contributed by atoms with Crippen molar-refractivity contribution < 1.29 is 19.4 Å². The molecule has 0 spiro atoms. The quantitative estimate of drug-likeness (QED) is 0.866. The SMILES string of the molecule is COCc1ccc(C(=O)N2CCC(O)(COc3cccc(C)c3)C2)cc1. The molecule has 1 unspecified atom stereocenters. The van der Waals surface area contributed by atoms with E-state index < -0.39 is 5.60 Å². The third-order valence-corrected chi connectivity index (χ3v) is 4.63. The van der Waals surface area contributed by atoms with Crippen LogP contribution in [0.25, 0.3) is 0 Å². The molecule has 1 amide bonds. The van der Waals surface area contributed by atoms with E-state index in [1.54, 1.807) is 24.1 Å². The Bertz CT molecular complexity index is 759. The summed E-state index contributed by atoms with van der Waals surface area (Å²) in [5.41, 5.74) is 1.73. The Labute approximate surface area is 154 Å². The van der Waals surface area contributed by atoms with Crippen LogP contribution in [0.4, 0.5) is 0 Å². The molecule has 0 radical (unpaired) electrons. The first-order valence-corrected chi connectivity index (χ1v) is 8.78. The van der Waals surface area contributed by atoms with Gasteiger partial charge in [0, 0.05) is 19.2 Å². The van der Waals surface area contributed by atoms with Gasteiger partial charge in [0.2, 0.25) is 0 Å². The minimum absolute atomic E-state index is 0.0690. The lowest BCUT2D eigenvalue weighted by Crippen LogP contribution is -2.40. The van der Waals surface area contributed by atoms with Gasteiger partial charge in [-0.05, 0) is 48.7 Å². The second-order valence-corrected chi connectivity index (χ2v) is 6.94. The van der Waals surface area contributed by atoms with Crippen LogP contribution in [0.15, 0.2) is 48.5 Å². The number of benzene rings is 2. The first-order valence-electron chi connectivity index (χ1n) is 8.78. The van der Waals surface area contributed by atoms with Crippen LogP contribution in [0, 0.1) is 6.92 Å². The Morgan fingerprint density at radius 2 is 2.00 bits per heavy atom. The Hall–Kier alpha value is -2.37. The van der Waals surface area contributed by atoms with Crippen LogP contribution in [0.2, 0.25) is 0 Å². The summed E-state index contributed by atoms with van der Waals surface area (Å²) in [6, 6.07) is 15.1. The standard InChI is InChI=1S/C21H25NO4/c1-16-4-3-5-19(12-16)26-15-21(24)10-11-22(14-21)20(23)18-8-6-17(7-9-18)13-25-2/h3-9,12,24H,10-11,13-15H2,1-2H3. The molecule has 0 bridgehead atoms. The van der Waals surface area contributed by atoms with Crippen LogP contribution < -0.4 is 4.74 Å². The van der Waals surface area contributed by atoms with Crippen molar-refractivity contribution in [3.8, 4) is 5.75 Å². The summed E-state index contributed by atoms with van der Waals surface area (Å²) >= 11 is 0. The molecule has 26 heavy (non-hydrogen) atoms. The van der Waals surface area contributed by atoms with Crippen molar-refractivity contribution in [3.63, 3.8) is 0 Å². The summed E-state index contributed by atoms with van der Waals surface area (Å²) in [4.78, 5) is 14.4. The molecule has 138 valence electrons. The second kappa shape index (κ2) is 7.89. The first kappa shape index (κ1) is 18.4. The zero-order chi connectivity index (χ0) is 18.6. The lowest BCUT2D eigenvalue weighted by atomic mass is 10.1. The van der Waals surface area contributed by atoms with Crippen molar-refractivity contribution in [2.24, 2.45) is 0 Å². The molecule has 0 aliphatic carbocycles. The number of aliphatic hydroxyl groups is 1. The van der Waals surface area contributed by atoms with Gasteiger partial charge >= 0.3 is 0 Å². The van der Waals surface area contributed by atoms with E-state index in [9.17, 15) is 9.90 Å². The van der Waals surface area contributed by atoms with E-state index >= 15 is 0 Å². The van der Waals surface area contributed by atoms with Crippen LogP contribution in [-0.4, -0.2) is 48.3 Å². The lowest BCUT2D eigenvalue weighted by Gasteiger charge is -2.24. The van der Waals surface area contributed by atoms with E-state index in [0.717, 1.165) is 16.9 Å². The number of carbonyl (C=O) groups is 1. The van der Waals surface area contributed by atoms with Gasteiger partial charge in [-0.3, -0.25) is 4.79 Å². The minimum Gasteiger partial charge on any atom is -0.491 e. The van der Waals surface area contributed by atoms with Crippen molar-refractivity contribution in [2.45, 2.75) is 25.6 Å². The van der Waals surface area contributed by atoms with Gasteiger partial charge in [-0.15, -0.1) is 0 Å². The number of β-amino-alcohol motifs (C(OH)–C–C–N with tert-alkyl or cyclic N) is 1. The molecule has 0 aromatic heterocycles. The van der Waals surface area contributed by atoms with Gasteiger partial charge in [-0.2, -0.15) is 0 Å². The molecule has 1 N–H and O–H groups in total. The predicted octanol–water partition coefficient (Wildman–Crippen LogP) is 2.80. The molecule has 0 saturated carbocycles. The topological polar surface area (TPSA) is 59.0 Å². The van der Waals surface area contributed by atoms with Crippen LogP contribution in [0.3, 0.4) is 0 Å². The summed E-state index contributed by atoms with van der Waals surface area (Å²) in [5.74, 6) is 0.664. The fourth-order valence-corrected chi connectivity index (χ4v) is 3.16. The van der Waals surface area contributed by atoms with Crippen molar-refractivity contribution in [3.05, 3.63) is 65.2 Å². The Morgan fingerprint density at radius 3 is 2.69 bits per heavy atom. The summed E-state index contributed by atoms with van der Waals surface area (Å²) in [6.07, 6.45) is 0.506. The molecule has 1 fully saturated rings. The number of methoxy groups -OCH3 is 1. The van der Waals surface area contributed by atoms with Crippen molar-refractivity contribution in [2.75, 3.05) is 26.8 Å². The maximum atomic E-state index is 12.7. The van der Waals surface area contributed by atoms with E-state index in [1.165, 1.54) is 0 Å². The molecule has 1 saturated heterocycles. The molecule has 1 atom stereocenters. The highest BCUT2D eigenvalue weighted by Gasteiger charge is 2.39. The normalized spacial score (nSPS) is 19.6. The Kier molecular flexibility index (Phi) is 5.59. The third kappa shape index (κ3) is 4.42. The van der Waals surface area contributed by atoms with Gasteiger partial charge in [-0.25, -0.2) is 0 Å². The first-order chi connectivity index (χ1) is 12.5. The molecular formula is C21H25NO4. The highest BCUT2D eigenvalue weighted by Crippen LogP contribution is 2.25. The van der Waals surface area contributed by atoms with E-state index in [0.29, 0.717) is 25.1 Å². The molecule has 1 aliphatic rings. The van der Waals surface area contributed by atoms with Gasteiger partial charge in [0.25, 0.3) is 5.91 Å². The lowest BCUT2D eigenvalue weighted by molar-refractivity contribution is 0.00429. The molecule has 1 heterocycles. The van der Waals surface area contributed by atoms with Crippen LogP contribution in [0.1, 0.15) is 27.9 Å². The number of ether oxygens (including phenoxy) is 2. The van der Waals surface area contributed by atoms with Crippen LogP contribution in [0.5, 0.6) is 5.75 Å². The maximum absolute atomic E-state index is 12.7. The zero-order valence-electron chi connectivity index (χ0n) is 15.3. The van der Waals surface area contributed by atoms with Crippen LogP contribution in [-0.2, 0) is 11.3 Å². The van der Waals surface area contributed by atoms with Gasteiger partial charge in [0.05, 0.1) is 13.2 Å². The average Bonchev–Trinajstić information content (AvgIpc) is 3.03. The predicted molar refractivity (Wildman–Crippen MR) is 99.3 cm³/mol. The maximum Gasteiger partial charge on any atom is 0.253 e. The van der Waals surface area contributed by atoms with E-state index in [1.807, 2.05) is 43.3 Å². The summed E-state index contributed by atoms with van der Waals surface area (Å²) in [5, 5.41) is 10.8. The Balaban J connectivity index is 1.58. The smallest absolute Gasteiger partial charge is 0.253 e. The highest BCUT2D eigenvalue weighted by atomic mass is 16.5. The van der Waals surface area contributed by atoms with Gasteiger partial charge < -0.3 is 19.5 Å². The van der Waals surface area contributed by atoms with Crippen LogP contribution >= 0.6 is 0 Å². The van der Waals surface area contributed by atoms with Crippen molar-refractivity contribution in [1.29, 1.82) is 0 Å². The molecule has 1 aliphatic heterocycles. The zero-order valence-corrected chi connectivity index (χ0v) is 15.3. The van der Waals surface area contributed by atoms with Gasteiger partial charge in [0.1, 0.15) is 18.0 Å². The van der Waals surface area contributed by atoms with E-state index in [4.69, 9.17) is 9.47 Å². The van der Waals surface area contributed by atoms with E-state index in [2.05, 4.69) is 0 Å². The fourth-order valence-electron chi connectivity index (χ4n) is 3.16. The van der Waals surface area contributed by atoms with E-state index in [-0.39, 0.29) is 19.1 Å². The number of nitrogens with zero attached hydrogens (tertiary/aromatic N) is 1. The second-order valence-electron chi connectivity index (χ2n) is 6.94. The number of hydrogen-bond acceptors (Lipinski definition) is 4. The number of hydrogen-bond donors (Lipinski definition) is 1. The number of amides is 1. The minimum atomic E-state index is -1.02. The Morgan fingerprint density at radius 1 is 1.23 bits per heavy atom. The fraction of sp³-hybridized carbons (Fsp3) is 0.381. The van der Waals surface area contributed by atoms with Gasteiger partial charge in [-0.1, -0.05) is 24.3 Å². The summed E-state index contributed by atoms with van der Waals surface area (Å²) in [6.45, 7) is 3.49. The number of carbonyl (C=O) groups excluding carboxylic acids is 1.